The largest absolute Gasteiger partial charge is 0.477 e. The normalized spacial score (nSPS) is 12.8. The van der Waals surface area contributed by atoms with Crippen molar-refractivity contribution < 1.29 is 42.9 Å². The summed E-state index contributed by atoms with van der Waals surface area (Å²) in [5, 5.41) is 9.71. The van der Waals surface area contributed by atoms with Gasteiger partial charge in [-0.2, -0.15) is 0 Å². The molecule has 0 aliphatic rings. The molecule has 0 fully saturated rings. The van der Waals surface area contributed by atoms with E-state index in [-0.39, 0.29) is 38.2 Å². The second-order valence-electron chi connectivity index (χ2n) is 25.2. The first-order valence-corrected chi connectivity index (χ1v) is 35.0. The average Bonchev–Trinajstić information content (AvgIpc) is 3.43. The number of ether oxygens (including phenoxy) is 4. The van der Waals surface area contributed by atoms with Gasteiger partial charge in [0.05, 0.1) is 34.4 Å². The number of likely N-dealkylation sites (N-methyl/N-ethyl adjacent to an activating group) is 1. The minimum atomic E-state index is -1.51. The number of carbonyl (C=O) groups is 3. The van der Waals surface area contributed by atoms with E-state index >= 15 is 0 Å². The molecule has 0 saturated carbocycles. The van der Waals surface area contributed by atoms with Crippen LogP contribution >= 0.6 is 0 Å². The Bertz CT molecular complexity index is 1360. The van der Waals surface area contributed by atoms with Crippen molar-refractivity contribution in [3.63, 3.8) is 0 Å². The van der Waals surface area contributed by atoms with Crippen LogP contribution in [0.25, 0.3) is 0 Å². The van der Waals surface area contributed by atoms with Crippen LogP contribution in [0.3, 0.4) is 0 Å². The molecule has 0 bridgehead atoms. The van der Waals surface area contributed by atoms with Gasteiger partial charge >= 0.3 is 17.9 Å². The minimum Gasteiger partial charge on any atom is -0.477 e. The van der Waals surface area contributed by atoms with Crippen LogP contribution in [0.4, 0.5) is 0 Å². The summed E-state index contributed by atoms with van der Waals surface area (Å²) in [5.74, 6) is -1.99. The maximum atomic E-state index is 12.9. The van der Waals surface area contributed by atoms with Crippen molar-refractivity contribution in [2.75, 3.05) is 47.5 Å². The van der Waals surface area contributed by atoms with Crippen LogP contribution in [-0.2, 0) is 33.3 Å². The maximum absolute atomic E-state index is 12.9. The minimum absolute atomic E-state index is 0.181. The first-order chi connectivity index (χ1) is 39.1. The van der Waals surface area contributed by atoms with Gasteiger partial charge in [-0.25, -0.2) is 4.79 Å². The lowest BCUT2D eigenvalue weighted by molar-refractivity contribution is -0.870. The molecule has 0 spiro atoms. The van der Waals surface area contributed by atoms with E-state index in [1.807, 2.05) is 21.1 Å². The molecule has 0 saturated heterocycles. The highest BCUT2D eigenvalue weighted by atomic mass is 16.7. The van der Waals surface area contributed by atoms with E-state index in [0.717, 1.165) is 51.4 Å². The van der Waals surface area contributed by atoms with E-state index in [1.54, 1.807) is 0 Å². The van der Waals surface area contributed by atoms with E-state index in [0.29, 0.717) is 17.4 Å². The number of aliphatic carboxylic acids is 1. The lowest BCUT2D eigenvalue weighted by Gasteiger charge is -2.25. The fraction of sp³-hybridized carbons (Fsp3) is 0.901. The summed E-state index contributed by atoms with van der Waals surface area (Å²) in [6, 6.07) is 0. The van der Waals surface area contributed by atoms with E-state index in [1.165, 1.54) is 276 Å². The number of carboxylic acid groups (broad SMARTS) is 1. The van der Waals surface area contributed by atoms with Gasteiger partial charge in [0, 0.05) is 12.8 Å². The summed E-state index contributed by atoms with van der Waals surface area (Å²) in [6.07, 6.45) is 74.7. The molecule has 1 N–H and O–H groups in total. The van der Waals surface area contributed by atoms with Crippen molar-refractivity contribution in [1.82, 2.24) is 0 Å². The second-order valence-corrected chi connectivity index (χ2v) is 25.2. The van der Waals surface area contributed by atoms with E-state index in [4.69, 9.17) is 18.9 Å². The number of esters is 2. The zero-order chi connectivity index (χ0) is 58.3. The summed E-state index contributed by atoms with van der Waals surface area (Å²) < 4.78 is 22.9. The number of rotatable bonds is 66. The predicted molar refractivity (Wildman–Crippen MR) is 341 cm³/mol. The SMILES string of the molecule is CCCCCCC/C=C\CCCCCCCC(=O)OCC(COC(OCC[N+](C)(C)C)C(=O)O)OC(=O)CCCCCCCCCCCCCCCCCCCCCCCCCCCCCCC/C=C\CCCCCCCCCC. The zero-order valence-electron chi connectivity index (χ0n) is 54.0. The number of nitrogens with zero attached hydrogens (tertiary/aromatic N) is 1. The third-order valence-corrected chi connectivity index (χ3v) is 15.9. The molecule has 0 aliphatic carbocycles. The number of carboxylic acids is 1. The Morgan fingerprint density at radius 3 is 0.925 bits per heavy atom. The molecule has 0 aromatic carbocycles. The number of unbranched alkanes of at least 4 members (excludes halogenated alkanes) is 47. The van der Waals surface area contributed by atoms with Crippen molar-refractivity contribution in [3.05, 3.63) is 24.3 Å². The van der Waals surface area contributed by atoms with Crippen LogP contribution in [-0.4, -0.2) is 87.4 Å². The van der Waals surface area contributed by atoms with Gasteiger partial charge in [-0.05, 0) is 64.2 Å². The molecule has 0 aromatic rings. The first-order valence-electron chi connectivity index (χ1n) is 35.0. The number of hydrogen-bond donors (Lipinski definition) is 1. The maximum Gasteiger partial charge on any atom is 0.361 e. The fourth-order valence-corrected chi connectivity index (χ4v) is 10.5. The Morgan fingerprint density at radius 2 is 0.637 bits per heavy atom. The standard InChI is InChI=1S/C71H135NO8/c1-6-8-10-12-14-16-18-20-22-23-24-25-26-27-28-29-30-31-32-33-34-35-36-37-38-39-40-41-42-43-44-45-46-47-48-50-52-54-56-58-60-62-69(74)80-67(66-79-71(70(75)76)77-64-63-72(3,4)5)65-78-68(73)61-59-57-55-53-51-49-21-19-17-15-13-11-9-7-2/h19,21,23-24,67,71H,6-18,20,22,25-66H2,1-5H3/p+1/b21-19-,24-23-. The number of carbonyl (C=O) groups excluding carboxylic acids is 2. The van der Waals surface area contributed by atoms with Crippen LogP contribution in [0.1, 0.15) is 354 Å². The van der Waals surface area contributed by atoms with Gasteiger partial charge in [0.2, 0.25) is 0 Å². The van der Waals surface area contributed by atoms with Crippen LogP contribution in [0.15, 0.2) is 24.3 Å². The number of hydrogen-bond acceptors (Lipinski definition) is 7. The number of allylic oxidation sites excluding steroid dienone is 4. The monoisotopic (exact) mass is 1130 g/mol. The van der Waals surface area contributed by atoms with Crippen LogP contribution in [0, 0.1) is 0 Å². The molecule has 0 aliphatic heterocycles. The lowest BCUT2D eigenvalue weighted by atomic mass is 10.0. The molecular weight excluding hydrogens is 995 g/mol. The van der Waals surface area contributed by atoms with Crippen LogP contribution in [0.2, 0.25) is 0 Å². The smallest absolute Gasteiger partial charge is 0.361 e. The molecule has 2 unspecified atom stereocenters. The van der Waals surface area contributed by atoms with Crippen molar-refractivity contribution in [2.24, 2.45) is 0 Å². The first kappa shape index (κ1) is 77.8. The highest BCUT2D eigenvalue weighted by Gasteiger charge is 2.25. The van der Waals surface area contributed by atoms with Crippen molar-refractivity contribution in [1.29, 1.82) is 0 Å². The van der Waals surface area contributed by atoms with Crippen molar-refractivity contribution >= 4 is 17.9 Å². The molecule has 9 heteroatoms. The predicted octanol–water partition coefficient (Wildman–Crippen LogP) is 21.4. The molecule has 9 nitrogen and oxygen atoms in total. The molecule has 0 heterocycles. The van der Waals surface area contributed by atoms with Gasteiger partial charge in [-0.15, -0.1) is 0 Å². The molecule has 0 amide bonds. The van der Waals surface area contributed by atoms with Crippen molar-refractivity contribution in [3.8, 4) is 0 Å². The molecule has 80 heavy (non-hydrogen) atoms. The molecular formula is C71H136NO8+. The topological polar surface area (TPSA) is 108 Å². The Labute approximate surface area is 497 Å². The highest BCUT2D eigenvalue weighted by Crippen LogP contribution is 2.19. The van der Waals surface area contributed by atoms with Gasteiger partial charge < -0.3 is 28.5 Å². The van der Waals surface area contributed by atoms with Crippen LogP contribution in [0.5, 0.6) is 0 Å². The molecule has 0 aromatic heterocycles. The Morgan fingerprint density at radius 1 is 0.362 bits per heavy atom. The van der Waals surface area contributed by atoms with E-state index in [2.05, 4.69) is 38.2 Å². The Hall–Kier alpha value is -2.23. The third-order valence-electron chi connectivity index (χ3n) is 15.9. The summed E-state index contributed by atoms with van der Waals surface area (Å²) >= 11 is 0. The molecule has 472 valence electrons. The summed E-state index contributed by atoms with van der Waals surface area (Å²) in [6.45, 7) is 4.91. The van der Waals surface area contributed by atoms with Gasteiger partial charge in [-0.3, -0.25) is 9.59 Å². The molecule has 2 atom stereocenters. The second kappa shape index (κ2) is 62.8. The lowest BCUT2D eigenvalue weighted by Crippen LogP contribution is -2.40. The van der Waals surface area contributed by atoms with Gasteiger partial charge in [0.1, 0.15) is 13.2 Å². The highest BCUT2D eigenvalue weighted by molar-refractivity contribution is 5.71. The zero-order valence-corrected chi connectivity index (χ0v) is 54.0. The van der Waals surface area contributed by atoms with E-state index < -0.39 is 18.4 Å². The average molecular weight is 1130 g/mol. The quantitative estimate of drug-likeness (QED) is 0.0211. The molecule has 0 rings (SSSR count). The van der Waals surface area contributed by atoms with Crippen LogP contribution < -0.4 is 0 Å². The van der Waals surface area contributed by atoms with Crippen molar-refractivity contribution in [2.45, 2.75) is 367 Å². The van der Waals surface area contributed by atoms with Gasteiger partial charge in [-0.1, -0.05) is 301 Å². The summed E-state index contributed by atoms with van der Waals surface area (Å²) in [5.41, 5.74) is 0. The molecule has 0 radical (unpaired) electrons. The third kappa shape index (κ3) is 63.4. The van der Waals surface area contributed by atoms with E-state index in [9.17, 15) is 19.5 Å². The van der Waals surface area contributed by atoms with Gasteiger partial charge in [0.25, 0.3) is 6.29 Å². The van der Waals surface area contributed by atoms with Gasteiger partial charge in [0.15, 0.2) is 6.10 Å². The summed E-state index contributed by atoms with van der Waals surface area (Å²) in [7, 11) is 5.98. The summed E-state index contributed by atoms with van der Waals surface area (Å²) in [4.78, 5) is 37.4. The Kier molecular flexibility index (Phi) is 61.1. The number of quaternary nitrogens is 1. The Balaban J connectivity index is 3.87. The fourth-order valence-electron chi connectivity index (χ4n) is 10.5.